The van der Waals surface area contributed by atoms with Crippen LogP contribution < -0.4 is 0 Å². The summed E-state index contributed by atoms with van der Waals surface area (Å²) in [7, 11) is 2.29. The SMILES string of the molecule is Cc1ccc2c(c1C)[C@]13CCN(C)C(C2)[C@]1(C)CCC(=O)C3(C)C. The zero-order valence-electron chi connectivity index (χ0n) is 16.1. The normalized spacial score (nSPS) is 37.8. The minimum atomic E-state index is -0.284. The predicted molar refractivity (Wildman–Crippen MR) is 98.5 cm³/mol. The molecule has 130 valence electrons. The maximum absolute atomic E-state index is 13.1. The second-order valence-corrected chi connectivity index (χ2v) is 9.36. The molecule has 3 atom stereocenters. The highest BCUT2D eigenvalue weighted by Crippen LogP contribution is 2.68. The summed E-state index contributed by atoms with van der Waals surface area (Å²) in [5, 5.41) is 0. The maximum Gasteiger partial charge on any atom is 0.139 e. The van der Waals surface area contributed by atoms with Gasteiger partial charge in [-0.2, -0.15) is 0 Å². The third-order valence-corrected chi connectivity index (χ3v) is 8.38. The Bertz CT molecular complexity index is 734. The number of piperidine rings is 1. The second-order valence-electron chi connectivity index (χ2n) is 9.36. The Kier molecular flexibility index (Phi) is 3.21. The number of likely N-dealkylation sites (tertiary alicyclic amines) is 1. The van der Waals surface area contributed by atoms with Crippen LogP contribution in [-0.2, 0) is 16.6 Å². The van der Waals surface area contributed by atoms with Crippen LogP contribution in [0.25, 0.3) is 0 Å². The molecule has 0 radical (unpaired) electrons. The van der Waals surface area contributed by atoms with Gasteiger partial charge >= 0.3 is 0 Å². The number of nitrogens with zero attached hydrogens (tertiary/aromatic N) is 1. The summed E-state index contributed by atoms with van der Waals surface area (Å²) in [6.45, 7) is 12.6. The highest BCUT2D eigenvalue weighted by Gasteiger charge is 2.69. The summed E-state index contributed by atoms with van der Waals surface area (Å²) in [6, 6.07) is 5.18. The summed E-state index contributed by atoms with van der Waals surface area (Å²) in [4.78, 5) is 15.7. The van der Waals surface area contributed by atoms with E-state index in [0.29, 0.717) is 11.8 Å². The molecule has 0 amide bonds. The number of ketones is 1. The van der Waals surface area contributed by atoms with E-state index in [-0.39, 0.29) is 16.2 Å². The van der Waals surface area contributed by atoms with E-state index >= 15 is 0 Å². The Labute approximate surface area is 146 Å². The number of rotatable bonds is 0. The van der Waals surface area contributed by atoms with Crippen LogP contribution in [-0.4, -0.2) is 30.3 Å². The van der Waals surface area contributed by atoms with Gasteiger partial charge in [0.15, 0.2) is 0 Å². The highest BCUT2D eigenvalue weighted by molar-refractivity contribution is 5.88. The summed E-state index contributed by atoms with van der Waals surface area (Å²) in [6.07, 6.45) is 4.02. The number of carbonyl (C=O) groups excluding carboxylic acids is 1. The van der Waals surface area contributed by atoms with Crippen molar-refractivity contribution >= 4 is 5.78 Å². The monoisotopic (exact) mass is 325 g/mol. The molecule has 0 spiro atoms. The number of Topliss-reactive ketones (excluding diaryl/α,β-unsaturated/α-hetero) is 1. The van der Waals surface area contributed by atoms with E-state index in [1.165, 1.54) is 22.3 Å². The highest BCUT2D eigenvalue weighted by atomic mass is 16.1. The second kappa shape index (κ2) is 4.72. The topological polar surface area (TPSA) is 20.3 Å². The van der Waals surface area contributed by atoms with Crippen LogP contribution in [0.4, 0.5) is 0 Å². The van der Waals surface area contributed by atoms with Gasteiger partial charge in [0, 0.05) is 23.3 Å². The minimum Gasteiger partial charge on any atom is -0.302 e. The van der Waals surface area contributed by atoms with Crippen molar-refractivity contribution in [3.63, 3.8) is 0 Å². The van der Waals surface area contributed by atoms with Crippen LogP contribution in [0.1, 0.15) is 62.3 Å². The molecule has 1 aliphatic heterocycles. The minimum absolute atomic E-state index is 0.0177. The molecule has 1 heterocycles. The molecule has 1 saturated carbocycles. The number of benzene rings is 1. The first-order valence-corrected chi connectivity index (χ1v) is 9.50. The van der Waals surface area contributed by atoms with Gasteiger partial charge in [-0.25, -0.2) is 0 Å². The zero-order chi connectivity index (χ0) is 17.5. The largest absolute Gasteiger partial charge is 0.302 e. The molecular formula is C22H31NO. The van der Waals surface area contributed by atoms with Crippen molar-refractivity contribution in [3.8, 4) is 0 Å². The van der Waals surface area contributed by atoms with E-state index in [2.05, 4.69) is 58.7 Å². The number of carbonyl (C=O) groups is 1. The van der Waals surface area contributed by atoms with E-state index in [4.69, 9.17) is 0 Å². The van der Waals surface area contributed by atoms with Crippen LogP contribution >= 0.6 is 0 Å². The molecule has 0 N–H and O–H groups in total. The molecule has 2 nitrogen and oxygen atoms in total. The average Bonchev–Trinajstić information content (AvgIpc) is 2.51. The van der Waals surface area contributed by atoms with Crippen molar-refractivity contribution < 1.29 is 4.79 Å². The van der Waals surface area contributed by atoms with Crippen LogP contribution in [0.5, 0.6) is 0 Å². The van der Waals surface area contributed by atoms with Gasteiger partial charge in [-0.3, -0.25) is 4.79 Å². The molecule has 2 aliphatic carbocycles. The molecule has 1 unspecified atom stereocenters. The fraction of sp³-hybridized carbons (Fsp3) is 0.682. The molecule has 1 aromatic carbocycles. The van der Waals surface area contributed by atoms with Crippen molar-refractivity contribution in [1.82, 2.24) is 4.90 Å². The van der Waals surface area contributed by atoms with Gasteiger partial charge in [-0.05, 0) is 74.4 Å². The quantitative estimate of drug-likeness (QED) is 0.712. The average molecular weight is 325 g/mol. The van der Waals surface area contributed by atoms with Gasteiger partial charge in [0.2, 0.25) is 0 Å². The van der Waals surface area contributed by atoms with Crippen LogP contribution in [0.15, 0.2) is 12.1 Å². The number of hydrogen-bond donors (Lipinski definition) is 0. The van der Waals surface area contributed by atoms with Crippen molar-refractivity contribution in [2.75, 3.05) is 13.6 Å². The summed E-state index contributed by atoms with van der Waals surface area (Å²) in [5.74, 6) is 0.469. The van der Waals surface area contributed by atoms with Crippen LogP contribution in [0, 0.1) is 24.7 Å². The molecule has 2 heteroatoms. The molecule has 2 bridgehead atoms. The fourth-order valence-electron chi connectivity index (χ4n) is 6.84. The Morgan fingerprint density at radius 2 is 1.83 bits per heavy atom. The predicted octanol–water partition coefficient (Wildman–Crippen LogP) is 4.20. The Hall–Kier alpha value is -1.15. The van der Waals surface area contributed by atoms with Gasteiger partial charge in [-0.1, -0.05) is 32.9 Å². The number of fused-ring (bicyclic) bond motifs is 1. The summed E-state index contributed by atoms with van der Waals surface area (Å²) in [5.41, 5.74) is 5.72. The van der Waals surface area contributed by atoms with E-state index in [9.17, 15) is 4.79 Å². The summed E-state index contributed by atoms with van der Waals surface area (Å²) < 4.78 is 0. The number of likely N-dealkylation sites (N-methyl/N-ethyl adjacent to an activating group) is 1. The standard InChI is InChI=1S/C22H31NO/c1-14-7-8-16-13-17-21(5)10-9-18(24)20(3,4)22(21,11-12-23(17)6)19(16)15(14)2/h7-8,17H,9-13H2,1-6H3/t17?,21-,22-/m0/s1. The molecule has 1 aromatic rings. The van der Waals surface area contributed by atoms with Crippen LogP contribution in [0.3, 0.4) is 0 Å². The Balaban J connectivity index is 2.12. The Morgan fingerprint density at radius 3 is 2.54 bits per heavy atom. The summed E-state index contributed by atoms with van der Waals surface area (Å²) >= 11 is 0. The first kappa shape index (κ1) is 16.3. The van der Waals surface area contributed by atoms with E-state index < -0.39 is 0 Å². The number of aryl methyl sites for hydroxylation is 1. The van der Waals surface area contributed by atoms with Gasteiger partial charge in [0.25, 0.3) is 0 Å². The molecule has 2 fully saturated rings. The molecule has 3 aliphatic rings. The lowest BCUT2D eigenvalue weighted by molar-refractivity contribution is -0.162. The van der Waals surface area contributed by atoms with Gasteiger partial charge < -0.3 is 4.90 Å². The smallest absolute Gasteiger partial charge is 0.139 e. The molecule has 0 aromatic heterocycles. The maximum atomic E-state index is 13.1. The van der Waals surface area contributed by atoms with Crippen molar-refractivity contribution in [2.45, 2.75) is 71.8 Å². The van der Waals surface area contributed by atoms with Crippen molar-refractivity contribution in [1.29, 1.82) is 0 Å². The van der Waals surface area contributed by atoms with Gasteiger partial charge in [0.1, 0.15) is 5.78 Å². The van der Waals surface area contributed by atoms with Crippen molar-refractivity contribution in [3.05, 3.63) is 34.4 Å². The zero-order valence-corrected chi connectivity index (χ0v) is 16.1. The lowest BCUT2D eigenvalue weighted by Gasteiger charge is -2.69. The van der Waals surface area contributed by atoms with E-state index in [0.717, 1.165) is 32.2 Å². The van der Waals surface area contributed by atoms with E-state index in [1.54, 1.807) is 0 Å². The third-order valence-electron chi connectivity index (χ3n) is 8.38. The number of hydrogen-bond acceptors (Lipinski definition) is 2. The Morgan fingerprint density at radius 1 is 1.12 bits per heavy atom. The molecular weight excluding hydrogens is 294 g/mol. The molecule has 1 saturated heterocycles. The van der Waals surface area contributed by atoms with Gasteiger partial charge in [-0.15, -0.1) is 0 Å². The fourth-order valence-corrected chi connectivity index (χ4v) is 6.84. The van der Waals surface area contributed by atoms with E-state index in [1.807, 2.05) is 0 Å². The first-order chi connectivity index (χ1) is 11.2. The first-order valence-electron chi connectivity index (χ1n) is 9.50. The lowest BCUT2D eigenvalue weighted by atomic mass is 9.37. The molecule has 24 heavy (non-hydrogen) atoms. The van der Waals surface area contributed by atoms with Gasteiger partial charge in [0.05, 0.1) is 0 Å². The van der Waals surface area contributed by atoms with Crippen LogP contribution in [0.2, 0.25) is 0 Å². The van der Waals surface area contributed by atoms with Crippen molar-refractivity contribution in [2.24, 2.45) is 10.8 Å². The lowest BCUT2D eigenvalue weighted by Crippen LogP contribution is -2.72. The molecule has 4 rings (SSSR count). The third kappa shape index (κ3) is 1.59.